The number of carbonyl (C=O) groups is 1. The van der Waals surface area contributed by atoms with Crippen molar-refractivity contribution in [1.29, 1.82) is 0 Å². The van der Waals surface area contributed by atoms with E-state index in [9.17, 15) is 4.79 Å². The summed E-state index contributed by atoms with van der Waals surface area (Å²) in [5.41, 5.74) is 8.19. The van der Waals surface area contributed by atoms with Gasteiger partial charge in [0.2, 0.25) is 0 Å². The molecule has 0 aliphatic rings. The van der Waals surface area contributed by atoms with Crippen LogP contribution >= 0.6 is 22.9 Å². The van der Waals surface area contributed by atoms with Gasteiger partial charge in [-0.2, -0.15) is 0 Å². The molecule has 0 saturated heterocycles. The second kappa shape index (κ2) is 12.3. The number of ether oxygens (including phenoxy) is 1. The molecule has 4 aromatic rings. The first kappa shape index (κ1) is 26.1. The zero-order valence-corrected chi connectivity index (χ0v) is 22.2. The Labute approximate surface area is 221 Å². The second-order valence-electron chi connectivity index (χ2n) is 8.96. The Hall–Kier alpha value is -2.97. The number of hydrogen-bond donors (Lipinski definition) is 2. The van der Waals surface area contributed by atoms with Crippen molar-refractivity contribution in [3.05, 3.63) is 86.7 Å². The normalized spacial score (nSPS) is 11.3. The zero-order chi connectivity index (χ0) is 25.5. The number of aromatic nitrogens is 1. The summed E-state index contributed by atoms with van der Waals surface area (Å²) >= 11 is 7.90. The van der Waals surface area contributed by atoms with E-state index in [0.717, 1.165) is 39.1 Å². The molecule has 6 nitrogen and oxygen atoms in total. The number of ketones is 1. The van der Waals surface area contributed by atoms with Crippen molar-refractivity contribution in [1.82, 2.24) is 15.2 Å². The van der Waals surface area contributed by atoms with Gasteiger partial charge in [-0.15, -0.1) is 11.3 Å². The Balaban J connectivity index is 1.26. The number of carbonyl (C=O) groups excluding carboxylic acids is 1. The number of likely N-dealkylation sites (N-methyl/N-ethyl adjacent to an activating group) is 1. The van der Waals surface area contributed by atoms with Gasteiger partial charge in [-0.05, 0) is 61.3 Å². The van der Waals surface area contributed by atoms with Crippen LogP contribution in [0, 0.1) is 0 Å². The van der Waals surface area contributed by atoms with Gasteiger partial charge in [-0.25, -0.2) is 4.98 Å². The summed E-state index contributed by atoms with van der Waals surface area (Å²) in [5.74, 6) is 1.49. The van der Waals surface area contributed by atoms with Gasteiger partial charge in [-0.3, -0.25) is 4.79 Å². The van der Waals surface area contributed by atoms with E-state index in [0.29, 0.717) is 48.3 Å². The third-order valence-electron chi connectivity index (χ3n) is 5.88. The van der Waals surface area contributed by atoms with E-state index in [4.69, 9.17) is 22.1 Å². The summed E-state index contributed by atoms with van der Waals surface area (Å²) in [6.45, 7) is 2.86. The van der Waals surface area contributed by atoms with Gasteiger partial charge in [0.25, 0.3) is 0 Å². The average molecular weight is 523 g/mol. The second-order valence-corrected chi connectivity index (χ2v) is 10.5. The van der Waals surface area contributed by atoms with Crippen molar-refractivity contribution in [3.63, 3.8) is 0 Å². The van der Waals surface area contributed by atoms with Gasteiger partial charge in [0.15, 0.2) is 5.78 Å². The van der Waals surface area contributed by atoms with E-state index in [1.54, 1.807) is 12.3 Å². The molecule has 0 aliphatic heterocycles. The average Bonchev–Trinajstić information content (AvgIpc) is 3.24. The Morgan fingerprint density at radius 2 is 1.86 bits per heavy atom. The van der Waals surface area contributed by atoms with Crippen LogP contribution in [0.25, 0.3) is 10.8 Å². The number of Topliss-reactive ketones (excluding diaryl/α,β-unsaturated/α-hetero) is 1. The highest BCUT2D eigenvalue weighted by Gasteiger charge is 2.14. The first-order valence-corrected chi connectivity index (χ1v) is 13.1. The first-order valence-electron chi connectivity index (χ1n) is 11.9. The van der Waals surface area contributed by atoms with Gasteiger partial charge >= 0.3 is 0 Å². The molecule has 2 aromatic carbocycles. The van der Waals surface area contributed by atoms with Crippen LogP contribution in [0.1, 0.15) is 32.1 Å². The van der Waals surface area contributed by atoms with Crippen molar-refractivity contribution in [3.8, 4) is 5.75 Å². The van der Waals surface area contributed by atoms with Crippen LogP contribution in [0.2, 0.25) is 5.02 Å². The first-order chi connectivity index (χ1) is 17.4. The number of anilines is 1. The predicted molar refractivity (Wildman–Crippen MR) is 149 cm³/mol. The molecule has 0 saturated carbocycles. The number of pyridine rings is 1. The lowest BCUT2D eigenvalue weighted by molar-refractivity contribution is 0.0986. The van der Waals surface area contributed by atoms with E-state index in [1.165, 1.54) is 11.3 Å². The van der Waals surface area contributed by atoms with E-state index >= 15 is 0 Å². The van der Waals surface area contributed by atoms with Gasteiger partial charge in [-0.1, -0.05) is 41.9 Å². The van der Waals surface area contributed by atoms with Crippen molar-refractivity contribution in [2.45, 2.75) is 25.9 Å². The molecule has 8 heteroatoms. The molecule has 0 fully saturated rings. The number of aryl methyl sites for hydroxylation is 1. The monoisotopic (exact) mass is 522 g/mol. The maximum absolute atomic E-state index is 12.8. The Bertz CT molecular complexity index is 1320. The lowest BCUT2D eigenvalue weighted by Gasteiger charge is -2.11. The van der Waals surface area contributed by atoms with Crippen molar-refractivity contribution in [2.75, 3.05) is 33.0 Å². The molecular weight excluding hydrogens is 492 g/mol. The number of nitrogens with zero attached hydrogens (tertiary/aromatic N) is 2. The van der Waals surface area contributed by atoms with E-state index in [-0.39, 0.29) is 5.78 Å². The highest BCUT2D eigenvalue weighted by Crippen LogP contribution is 2.29. The summed E-state index contributed by atoms with van der Waals surface area (Å²) in [6.07, 6.45) is 2.79. The minimum Gasteiger partial charge on any atom is -0.492 e. The van der Waals surface area contributed by atoms with Gasteiger partial charge < -0.3 is 20.7 Å². The fourth-order valence-corrected chi connectivity index (χ4v) is 5.17. The molecule has 4 rings (SSSR count). The van der Waals surface area contributed by atoms with Gasteiger partial charge in [0, 0.05) is 42.5 Å². The molecule has 3 N–H and O–H groups in total. The van der Waals surface area contributed by atoms with Gasteiger partial charge in [0.1, 0.15) is 18.2 Å². The summed E-state index contributed by atoms with van der Waals surface area (Å²) in [6, 6.07) is 17.9. The Kier molecular flexibility index (Phi) is 8.93. The van der Waals surface area contributed by atoms with Crippen LogP contribution in [0.5, 0.6) is 5.75 Å². The lowest BCUT2D eigenvalue weighted by atomic mass is 10.0. The molecule has 0 unspecified atom stereocenters. The third kappa shape index (κ3) is 7.04. The van der Waals surface area contributed by atoms with Crippen LogP contribution < -0.4 is 15.8 Å². The number of rotatable bonds is 12. The van der Waals surface area contributed by atoms with Crippen molar-refractivity contribution >= 4 is 45.3 Å². The van der Waals surface area contributed by atoms with E-state index < -0.39 is 0 Å². The number of halogens is 1. The minimum absolute atomic E-state index is 0.104. The predicted octanol–water partition coefficient (Wildman–Crippen LogP) is 5.58. The van der Waals surface area contributed by atoms with Crippen molar-refractivity contribution in [2.24, 2.45) is 0 Å². The number of hydrogen-bond acceptors (Lipinski definition) is 7. The molecule has 0 spiro atoms. The number of nitrogen functional groups attached to an aromatic ring is 1. The molecule has 2 heterocycles. The van der Waals surface area contributed by atoms with Crippen LogP contribution in [0.15, 0.2) is 60.8 Å². The highest BCUT2D eigenvalue weighted by molar-refractivity contribution is 7.14. The highest BCUT2D eigenvalue weighted by atomic mass is 35.5. The topological polar surface area (TPSA) is 80.5 Å². The quantitative estimate of drug-likeness (QED) is 0.236. The SMILES string of the molecule is CN(C)CCOc1ccc(CNCc2sc(C(=O)CCc3ccc4c(N)nccc4c3)cc2Cl)cc1. The van der Waals surface area contributed by atoms with Crippen LogP contribution in [-0.2, 0) is 19.5 Å². The fraction of sp³-hybridized carbons (Fsp3) is 0.286. The third-order valence-corrected chi connectivity index (χ3v) is 7.50. The largest absolute Gasteiger partial charge is 0.492 e. The number of nitrogens with two attached hydrogens (primary N) is 1. The smallest absolute Gasteiger partial charge is 0.173 e. The Morgan fingerprint density at radius 3 is 2.64 bits per heavy atom. The summed E-state index contributed by atoms with van der Waals surface area (Å²) in [4.78, 5) is 20.7. The molecule has 0 amide bonds. The van der Waals surface area contributed by atoms with Crippen LogP contribution in [0.4, 0.5) is 5.82 Å². The molecule has 36 heavy (non-hydrogen) atoms. The molecular formula is C28H31ClN4O2S. The molecule has 2 aromatic heterocycles. The number of benzene rings is 2. The molecule has 188 valence electrons. The molecule has 0 radical (unpaired) electrons. The standard InChI is InChI=1S/C28H31ClN4O2S/c1-33(2)13-14-35-22-7-3-20(4-8-22)17-31-18-27-24(29)16-26(36-27)25(34)10-6-19-5-9-23-21(15-19)11-12-32-28(23)30/h3-5,7-9,11-12,15-16,31H,6,10,13-14,17-18H2,1-2H3,(H2,30,32). The van der Waals surface area contributed by atoms with E-state index in [1.807, 2.05) is 44.4 Å². The maximum Gasteiger partial charge on any atom is 0.173 e. The number of fused-ring (bicyclic) bond motifs is 1. The lowest BCUT2D eigenvalue weighted by Crippen LogP contribution is -2.19. The van der Waals surface area contributed by atoms with Gasteiger partial charge in [0.05, 0.1) is 9.90 Å². The van der Waals surface area contributed by atoms with Crippen molar-refractivity contribution < 1.29 is 9.53 Å². The zero-order valence-electron chi connectivity index (χ0n) is 20.6. The van der Waals surface area contributed by atoms with E-state index in [2.05, 4.69) is 33.4 Å². The summed E-state index contributed by atoms with van der Waals surface area (Å²) < 4.78 is 5.74. The fourth-order valence-electron chi connectivity index (χ4n) is 3.82. The molecule has 0 atom stereocenters. The maximum atomic E-state index is 12.8. The van der Waals surface area contributed by atoms with Crippen LogP contribution in [0.3, 0.4) is 0 Å². The molecule has 0 aliphatic carbocycles. The number of thiophene rings is 1. The Morgan fingerprint density at radius 1 is 1.08 bits per heavy atom. The molecule has 0 bridgehead atoms. The summed E-state index contributed by atoms with van der Waals surface area (Å²) in [5, 5.41) is 6.02. The minimum atomic E-state index is 0.104. The van der Waals surface area contributed by atoms with Crippen LogP contribution in [-0.4, -0.2) is 42.9 Å². The number of nitrogens with one attached hydrogen (secondary N) is 1. The summed E-state index contributed by atoms with van der Waals surface area (Å²) in [7, 11) is 4.05.